The van der Waals surface area contributed by atoms with Gasteiger partial charge in [-0.05, 0) is 43.9 Å². The first-order chi connectivity index (χ1) is 13.5. The number of halogens is 2. The van der Waals surface area contributed by atoms with Gasteiger partial charge in [-0.1, -0.05) is 23.7 Å². The molecule has 2 aromatic carbocycles. The van der Waals surface area contributed by atoms with Crippen LogP contribution in [0.4, 0.5) is 0 Å². The van der Waals surface area contributed by atoms with Gasteiger partial charge in [-0.2, -0.15) is 0 Å². The average Bonchev–Trinajstić information content (AvgIpc) is 2.71. The van der Waals surface area contributed by atoms with Crippen LogP contribution in [-0.2, 0) is 6.54 Å². The summed E-state index contributed by atoms with van der Waals surface area (Å²) in [4.78, 5) is 6.48. The molecule has 1 unspecified atom stereocenters. The van der Waals surface area contributed by atoms with E-state index in [9.17, 15) is 0 Å². The largest absolute Gasteiger partial charge is 0.497 e. The Bertz CT molecular complexity index is 785. The van der Waals surface area contributed by atoms with Crippen LogP contribution >= 0.6 is 35.6 Å². The predicted octanol–water partition coefficient (Wildman–Crippen LogP) is 3.94. The number of benzene rings is 2. The molecular weight excluding hydrogens is 503 g/mol. The first kappa shape index (κ1) is 25.3. The molecule has 160 valence electrons. The third kappa shape index (κ3) is 7.56. The number of hydrogen-bond donors (Lipinski definition) is 2. The predicted molar refractivity (Wildman–Crippen MR) is 131 cm³/mol. The van der Waals surface area contributed by atoms with Crippen molar-refractivity contribution in [2.45, 2.75) is 12.6 Å². The lowest BCUT2D eigenvalue weighted by atomic mass is 10.1. The highest BCUT2D eigenvalue weighted by Gasteiger charge is 2.15. The number of guanidine groups is 1. The maximum atomic E-state index is 6.01. The molecule has 0 aromatic heterocycles. The molecule has 1 atom stereocenters. The fourth-order valence-corrected chi connectivity index (χ4v) is 3.00. The Morgan fingerprint density at radius 2 is 1.76 bits per heavy atom. The molecule has 2 aromatic rings. The molecule has 0 bridgehead atoms. The van der Waals surface area contributed by atoms with E-state index in [4.69, 9.17) is 21.1 Å². The van der Waals surface area contributed by atoms with Gasteiger partial charge in [0.15, 0.2) is 5.96 Å². The summed E-state index contributed by atoms with van der Waals surface area (Å²) in [5.74, 6) is 2.26. The SMILES string of the molecule is CN=C(NCc1ccc(OC)cc1OC)NCC(c1ccc(Cl)cc1)N(C)C.I. The highest BCUT2D eigenvalue weighted by Crippen LogP contribution is 2.24. The third-order valence-corrected chi connectivity index (χ3v) is 4.76. The lowest BCUT2D eigenvalue weighted by molar-refractivity contribution is 0.298. The zero-order valence-corrected chi connectivity index (χ0v) is 20.6. The van der Waals surface area contributed by atoms with Crippen LogP contribution in [0.2, 0.25) is 5.02 Å². The molecule has 0 amide bonds. The number of ether oxygens (including phenoxy) is 2. The molecular formula is C21H30ClIN4O2. The van der Waals surface area contributed by atoms with Crippen molar-refractivity contribution in [1.29, 1.82) is 0 Å². The van der Waals surface area contributed by atoms with Crippen molar-refractivity contribution in [3.63, 3.8) is 0 Å². The highest BCUT2D eigenvalue weighted by molar-refractivity contribution is 14.0. The number of hydrogen-bond acceptors (Lipinski definition) is 4. The summed E-state index contributed by atoms with van der Waals surface area (Å²) in [7, 11) is 9.16. The number of nitrogens with zero attached hydrogens (tertiary/aromatic N) is 2. The van der Waals surface area contributed by atoms with Crippen LogP contribution in [0.3, 0.4) is 0 Å². The molecule has 29 heavy (non-hydrogen) atoms. The summed E-state index contributed by atoms with van der Waals surface area (Å²) in [6.45, 7) is 1.29. The van der Waals surface area contributed by atoms with E-state index in [1.54, 1.807) is 21.3 Å². The van der Waals surface area contributed by atoms with Gasteiger partial charge in [-0.15, -0.1) is 24.0 Å². The van der Waals surface area contributed by atoms with Gasteiger partial charge in [0.1, 0.15) is 11.5 Å². The molecule has 6 nitrogen and oxygen atoms in total. The summed E-state index contributed by atoms with van der Waals surface area (Å²) in [5, 5.41) is 7.46. The van der Waals surface area contributed by atoms with Gasteiger partial charge >= 0.3 is 0 Å². The van der Waals surface area contributed by atoms with Gasteiger partial charge in [0.25, 0.3) is 0 Å². The molecule has 0 radical (unpaired) electrons. The summed E-state index contributed by atoms with van der Waals surface area (Å²) in [6.07, 6.45) is 0. The molecule has 0 heterocycles. The highest BCUT2D eigenvalue weighted by atomic mass is 127. The zero-order chi connectivity index (χ0) is 20.5. The zero-order valence-electron chi connectivity index (χ0n) is 17.5. The van der Waals surface area contributed by atoms with Crippen molar-refractivity contribution in [2.24, 2.45) is 4.99 Å². The summed E-state index contributed by atoms with van der Waals surface area (Å²) >= 11 is 6.01. The van der Waals surface area contributed by atoms with E-state index in [1.165, 1.54) is 5.56 Å². The lowest BCUT2D eigenvalue weighted by Crippen LogP contribution is -2.41. The first-order valence-electron chi connectivity index (χ1n) is 9.05. The van der Waals surface area contributed by atoms with Crippen molar-refractivity contribution in [2.75, 3.05) is 41.9 Å². The third-order valence-electron chi connectivity index (χ3n) is 4.51. The summed E-state index contributed by atoms with van der Waals surface area (Å²) in [5.41, 5.74) is 2.21. The van der Waals surface area contributed by atoms with E-state index >= 15 is 0 Å². The quantitative estimate of drug-likeness (QED) is 0.306. The Hall–Kier alpha value is -1.71. The topological polar surface area (TPSA) is 58.1 Å². The van der Waals surface area contributed by atoms with E-state index in [2.05, 4.69) is 34.6 Å². The summed E-state index contributed by atoms with van der Waals surface area (Å²) < 4.78 is 10.7. The normalized spacial score (nSPS) is 12.2. The molecule has 0 aliphatic rings. The van der Waals surface area contributed by atoms with E-state index < -0.39 is 0 Å². The molecule has 0 spiro atoms. The number of likely N-dealkylation sites (N-methyl/N-ethyl adjacent to an activating group) is 1. The fraction of sp³-hybridized carbons (Fsp3) is 0.381. The summed E-state index contributed by atoms with van der Waals surface area (Å²) in [6, 6.07) is 13.9. The van der Waals surface area contributed by atoms with Crippen molar-refractivity contribution < 1.29 is 9.47 Å². The number of aliphatic imine (C=N–C) groups is 1. The van der Waals surface area contributed by atoms with Crippen LogP contribution in [0.15, 0.2) is 47.5 Å². The minimum atomic E-state index is 0. The second-order valence-electron chi connectivity index (χ2n) is 6.52. The van der Waals surface area contributed by atoms with Crippen LogP contribution in [0.25, 0.3) is 0 Å². The minimum absolute atomic E-state index is 0. The van der Waals surface area contributed by atoms with Crippen LogP contribution in [0.5, 0.6) is 11.5 Å². The van der Waals surface area contributed by atoms with Crippen molar-refractivity contribution in [3.05, 3.63) is 58.6 Å². The molecule has 2 rings (SSSR count). The second kappa shape index (κ2) is 12.8. The van der Waals surface area contributed by atoms with Gasteiger partial charge < -0.3 is 25.0 Å². The van der Waals surface area contributed by atoms with Gasteiger partial charge in [-0.25, -0.2) is 0 Å². The van der Waals surface area contributed by atoms with Crippen molar-refractivity contribution in [1.82, 2.24) is 15.5 Å². The van der Waals surface area contributed by atoms with Crippen LogP contribution in [0, 0.1) is 0 Å². The maximum absolute atomic E-state index is 6.01. The van der Waals surface area contributed by atoms with Crippen LogP contribution in [-0.4, -0.2) is 52.8 Å². The molecule has 0 saturated carbocycles. The smallest absolute Gasteiger partial charge is 0.191 e. The Morgan fingerprint density at radius 1 is 1.07 bits per heavy atom. The Morgan fingerprint density at radius 3 is 2.31 bits per heavy atom. The number of rotatable bonds is 8. The van der Waals surface area contributed by atoms with E-state index in [1.807, 2.05) is 42.5 Å². The monoisotopic (exact) mass is 532 g/mol. The molecule has 0 fully saturated rings. The van der Waals surface area contributed by atoms with E-state index in [0.717, 1.165) is 28.0 Å². The first-order valence-corrected chi connectivity index (χ1v) is 9.43. The average molecular weight is 533 g/mol. The Balaban J connectivity index is 0.00000420. The number of nitrogens with one attached hydrogen (secondary N) is 2. The van der Waals surface area contributed by atoms with E-state index in [0.29, 0.717) is 13.1 Å². The lowest BCUT2D eigenvalue weighted by Gasteiger charge is -2.26. The Kier molecular flexibility index (Phi) is 11.2. The number of methoxy groups -OCH3 is 2. The van der Waals surface area contributed by atoms with E-state index in [-0.39, 0.29) is 30.0 Å². The van der Waals surface area contributed by atoms with Gasteiger partial charge in [0.05, 0.1) is 20.3 Å². The molecule has 2 N–H and O–H groups in total. The van der Waals surface area contributed by atoms with Crippen LogP contribution < -0.4 is 20.1 Å². The molecule has 0 aliphatic heterocycles. The minimum Gasteiger partial charge on any atom is -0.497 e. The van der Waals surface area contributed by atoms with Crippen LogP contribution in [0.1, 0.15) is 17.2 Å². The van der Waals surface area contributed by atoms with Gasteiger partial charge in [0.2, 0.25) is 0 Å². The fourth-order valence-electron chi connectivity index (χ4n) is 2.87. The molecule has 8 heteroatoms. The standard InChI is InChI=1S/C21H29ClN4O2.HI/c1-23-21(24-13-16-8-11-18(27-4)12-20(16)28-5)25-14-19(26(2)3)15-6-9-17(22)10-7-15;/h6-12,19H,13-14H2,1-5H3,(H2,23,24,25);1H. The van der Waals surface area contributed by atoms with Crippen molar-refractivity contribution in [3.8, 4) is 11.5 Å². The van der Waals surface area contributed by atoms with Gasteiger partial charge in [0, 0.05) is 36.8 Å². The van der Waals surface area contributed by atoms with Crippen molar-refractivity contribution >= 4 is 41.5 Å². The molecule has 0 saturated heterocycles. The second-order valence-corrected chi connectivity index (χ2v) is 6.95. The maximum Gasteiger partial charge on any atom is 0.191 e. The molecule has 0 aliphatic carbocycles. The van der Waals surface area contributed by atoms with Gasteiger partial charge in [-0.3, -0.25) is 4.99 Å². The Labute approximate surface area is 195 Å².